The van der Waals surface area contributed by atoms with Crippen LogP contribution in [-0.4, -0.2) is 74.1 Å². The van der Waals surface area contributed by atoms with E-state index in [9.17, 15) is 14.7 Å². The maximum atomic E-state index is 15.7. The molecule has 1 saturated carbocycles. The first-order valence-corrected chi connectivity index (χ1v) is 12.9. The highest BCUT2D eigenvalue weighted by Gasteiger charge is 2.53. The first-order valence-electron chi connectivity index (χ1n) is 12.9. The molecule has 1 saturated heterocycles. The highest BCUT2D eigenvalue weighted by Crippen LogP contribution is 2.47. The predicted octanol–water partition coefficient (Wildman–Crippen LogP) is 3.90. The average Bonchev–Trinajstić information content (AvgIpc) is 3.48. The van der Waals surface area contributed by atoms with E-state index in [0.29, 0.717) is 43.0 Å². The number of aromatic nitrogens is 4. The number of fused-ring (bicyclic) bond motifs is 1. The molecular formula is C28H27F2N5O5. The van der Waals surface area contributed by atoms with Crippen LogP contribution in [0.25, 0.3) is 22.6 Å². The molecule has 12 heteroatoms. The lowest BCUT2D eigenvalue weighted by Crippen LogP contribution is -2.46. The fraction of sp³-hybridized carbons (Fsp3) is 0.357. The van der Waals surface area contributed by atoms with Gasteiger partial charge >= 0.3 is 12.1 Å². The molecule has 1 aromatic carbocycles. The van der Waals surface area contributed by atoms with Crippen LogP contribution in [-0.2, 0) is 26.1 Å². The third kappa shape index (κ3) is 4.37. The fourth-order valence-electron chi connectivity index (χ4n) is 5.29. The Bertz CT molecular complexity index is 1620. The molecule has 1 amide bonds. The zero-order valence-electron chi connectivity index (χ0n) is 21.9. The molecule has 1 aliphatic heterocycles. The molecule has 1 atom stereocenters. The van der Waals surface area contributed by atoms with E-state index in [-0.39, 0.29) is 29.9 Å². The Kier molecular flexibility index (Phi) is 6.29. The van der Waals surface area contributed by atoms with Crippen molar-refractivity contribution in [2.24, 2.45) is 0 Å². The van der Waals surface area contributed by atoms with Crippen LogP contribution in [0.2, 0.25) is 0 Å². The molecule has 0 radical (unpaired) electrons. The largest absolute Gasteiger partial charge is 0.481 e. The van der Waals surface area contributed by atoms with E-state index in [1.54, 1.807) is 16.7 Å². The number of morpholine rings is 1. The second-order valence-electron chi connectivity index (χ2n) is 10.3. The molecule has 40 heavy (non-hydrogen) atoms. The van der Waals surface area contributed by atoms with E-state index in [1.807, 2.05) is 19.1 Å². The van der Waals surface area contributed by atoms with Gasteiger partial charge in [-0.1, -0.05) is 0 Å². The number of benzene rings is 1. The summed E-state index contributed by atoms with van der Waals surface area (Å²) in [6, 6.07) is 7.57. The van der Waals surface area contributed by atoms with Gasteiger partial charge in [0.05, 0.1) is 54.7 Å². The Balaban J connectivity index is 1.38. The van der Waals surface area contributed by atoms with Crippen molar-refractivity contribution in [2.45, 2.75) is 37.7 Å². The van der Waals surface area contributed by atoms with Gasteiger partial charge in [-0.25, -0.2) is 23.2 Å². The second kappa shape index (κ2) is 9.70. The number of rotatable bonds is 6. The summed E-state index contributed by atoms with van der Waals surface area (Å²) in [5, 5.41) is 13.9. The van der Waals surface area contributed by atoms with Crippen LogP contribution >= 0.6 is 0 Å². The lowest BCUT2D eigenvalue weighted by Gasteiger charge is -2.32. The highest BCUT2D eigenvalue weighted by molar-refractivity contribution is 5.84. The standard InChI is InChI=1S/C28H27F2N5O5/c1-16-3-7-34-21(14-18-15-33(9-10-40-18)27(38)39-2)25(31-23(34)11-16)24-19(29)12-17(13-20(24)30)35-8-4-22(32-35)28(5-6-28)26(36)37/h3-4,7-8,11-13,18H,5-6,9-10,14-15H2,1-2H3,(H,36,37). The first-order chi connectivity index (χ1) is 19.2. The van der Waals surface area contributed by atoms with Gasteiger partial charge in [0.15, 0.2) is 0 Å². The van der Waals surface area contributed by atoms with Crippen molar-refractivity contribution in [3.63, 3.8) is 0 Å². The number of aliphatic carboxylic acids is 1. The lowest BCUT2D eigenvalue weighted by atomic mass is 10.0. The number of halogens is 2. The van der Waals surface area contributed by atoms with Gasteiger partial charge < -0.3 is 23.9 Å². The Labute approximate surface area is 227 Å². The third-order valence-corrected chi connectivity index (χ3v) is 7.64. The summed E-state index contributed by atoms with van der Waals surface area (Å²) in [4.78, 5) is 29.9. The number of carbonyl (C=O) groups is 2. The van der Waals surface area contributed by atoms with Crippen molar-refractivity contribution in [3.05, 3.63) is 71.3 Å². The molecule has 1 N–H and O–H groups in total. The maximum absolute atomic E-state index is 15.7. The number of ether oxygens (including phenoxy) is 2. The molecule has 4 heterocycles. The lowest BCUT2D eigenvalue weighted by molar-refractivity contribution is -0.140. The minimum absolute atomic E-state index is 0.122. The van der Waals surface area contributed by atoms with E-state index >= 15 is 8.78 Å². The van der Waals surface area contributed by atoms with Crippen LogP contribution < -0.4 is 0 Å². The van der Waals surface area contributed by atoms with Crippen molar-refractivity contribution in [2.75, 3.05) is 26.8 Å². The van der Waals surface area contributed by atoms with Gasteiger partial charge in [0.1, 0.15) is 22.7 Å². The van der Waals surface area contributed by atoms with Gasteiger partial charge in [0.25, 0.3) is 0 Å². The number of pyridine rings is 1. The number of nitrogens with zero attached hydrogens (tertiary/aromatic N) is 5. The smallest absolute Gasteiger partial charge is 0.409 e. The summed E-state index contributed by atoms with van der Waals surface area (Å²) in [6.45, 7) is 2.85. The summed E-state index contributed by atoms with van der Waals surface area (Å²) < 4.78 is 45.2. The molecule has 0 bridgehead atoms. The molecule has 6 rings (SSSR count). The number of carboxylic acids is 1. The number of aryl methyl sites for hydroxylation is 1. The zero-order chi connectivity index (χ0) is 28.2. The monoisotopic (exact) mass is 551 g/mol. The van der Waals surface area contributed by atoms with Gasteiger partial charge in [-0.15, -0.1) is 0 Å². The van der Waals surface area contributed by atoms with E-state index < -0.39 is 35.2 Å². The molecule has 0 spiro atoms. The minimum atomic E-state index is -1.03. The summed E-state index contributed by atoms with van der Waals surface area (Å²) in [6.07, 6.45) is 3.57. The molecule has 1 unspecified atom stereocenters. The van der Waals surface area contributed by atoms with E-state index in [4.69, 9.17) is 9.47 Å². The van der Waals surface area contributed by atoms with Crippen molar-refractivity contribution >= 4 is 17.7 Å². The van der Waals surface area contributed by atoms with Crippen LogP contribution in [0, 0.1) is 18.6 Å². The molecule has 2 aliphatic rings. The molecule has 2 fully saturated rings. The van der Waals surface area contributed by atoms with Crippen LogP contribution in [0.5, 0.6) is 0 Å². The molecule has 208 valence electrons. The average molecular weight is 552 g/mol. The number of hydrogen-bond donors (Lipinski definition) is 1. The van der Waals surface area contributed by atoms with E-state index in [1.165, 1.54) is 22.9 Å². The minimum Gasteiger partial charge on any atom is -0.481 e. The maximum Gasteiger partial charge on any atom is 0.409 e. The molecule has 4 aromatic rings. The first kappa shape index (κ1) is 25.9. The van der Waals surface area contributed by atoms with Crippen LogP contribution in [0.1, 0.15) is 29.8 Å². The zero-order valence-corrected chi connectivity index (χ0v) is 21.9. The van der Waals surface area contributed by atoms with Crippen molar-refractivity contribution in [1.82, 2.24) is 24.1 Å². The third-order valence-electron chi connectivity index (χ3n) is 7.64. The van der Waals surface area contributed by atoms with Crippen molar-refractivity contribution in [3.8, 4) is 16.9 Å². The SMILES string of the molecule is COC(=O)N1CCOC(Cc2c(-c3c(F)cc(-n4ccc(C5(C(=O)O)CC5)n4)cc3F)nc3cc(C)ccn23)C1. The van der Waals surface area contributed by atoms with Gasteiger partial charge in [0.2, 0.25) is 0 Å². The van der Waals surface area contributed by atoms with Gasteiger partial charge in [-0.05, 0) is 43.5 Å². The number of imidazole rings is 1. The Morgan fingerprint density at radius 1 is 1.18 bits per heavy atom. The molecule has 1 aliphatic carbocycles. The predicted molar refractivity (Wildman–Crippen MR) is 138 cm³/mol. The van der Waals surface area contributed by atoms with E-state index in [2.05, 4.69) is 10.1 Å². The number of methoxy groups -OCH3 is 1. The normalized spacial score (nSPS) is 18.2. The molecule has 3 aromatic heterocycles. The number of carboxylic acid groups (broad SMARTS) is 1. The highest BCUT2D eigenvalue weighted by atomic mass is 19.1. The number of carbonyl (C=O) groups excluding carboxylic acids is 1. The van der Waals surface area contributed by atoms with Crippen molar-refractivity contribution < 1.29 is 33.0 Å². The Morgan fingerprint density at radius 2 is 1.93 bits per heavy atom. The number of amides is 1. The Hall–Kier alpha value is -4.32. The van der Waals surface area contributed by atoms with Crippen LogP contribution in [0.3, 0.4) is 0 Å². The van der Waals surface area contributed by atoms with Crippen LogP contribution in [0.4, 0.5) is 13.6 Å². The quantitative estimate of drug-likeness (QED) is 0.387. The topological polar surface area (TPSA) is 111 Å². The van der Waals surface area contributed by atoms with Gasteiger partial charge in [-0.2, -0.15) is 5.10 Å². The fourth-order valence-corrected chi connectivity index (χ4v) is 5.29. The summed E-state index contributed by atoms with van der Waals surface area (Å²) in [5.74, 6) is -2.64. The summed E-state index contributed by atoms with van der Waals surface area (Å²) in [5.41, 5.74) is 1.28. The van der Waals surface area contributed by atoms with E-state index in [0.717, 1.165) is 17.7 Å². The summed E-state index contributed by atoms with van der Waals surface area (Å²) in [7, 11) is 1.31. The molecule has 10 nitrogen and oxygen atoms in total. The second-order valence-corrected chi connectivity index (χ2v) is 10.3. The molecular weight excluding hydrogens is 524 g/mol. The number of hydrogen-bond acceptors (Lipinski definition) is 6. The van der Waals surface area contributed by atoms with Crippen molar-refractivity contribution in [1.29, 1.82) is 0 Å². The van der Waals surface area contributed by atoms with Gasteiger partial charge in [-0.3, -0.25) is 4.79 Å². The Morgan fingerprint density at radius 3 is 2.60 bits per heavy atom. The van der Waals surface area contributed by atoms with Crippen LogP contribution in [0.15, 0.2) is 42.7 Å². The summed E-state index contributed by atoms with van der Waals surface area (Å²) >= 11 is 0. The van der Waals surface area contributed by atoms with Gasteiger partial charge in [0, 0.05) is 37.5 Å².